The van der Waals surface area contributed by atoms with Crippen molar-refractivity contribution in [1.29, 1.82) is 0 Å². The summed E-state index contributed by atoms with van der Waals surface area (Å²) in [5, 5.41) is 3.27. The van der Waals surface area contributed by atoms with Crippen molar-refractivity contribution >= 4 is 15.7 Å². The van der Waals surface area contributed by atoms with Gasteiger partial charge in [-0.15, -0.1) is 0 Å². The lowest BCUT2D eigenvalue weighted by Crippen LogP contribution is -2.24. The van der Waals surface area contributed by atoms with Gasteiger partial charge in [0.15, 0.2) is 0 Å². The topological polar surface area (TPSA) is 58.2 Å². The van der Waals surface area contributed by atoms with Crippen molar-refractivity contribution in [3.63, 3.8) is 0 Å². The molecular weight excluding hydrogens is 260 g/mol. The molecule has 5 heteroatoms. The van der Waals surface area contributed by atoms with Gasteiger partial charge in [-0.3, -0.25) is 4.72 Å². The first-order valence-corrected chi connectivity index (χ1v) is 8.35. The van der Waals surface area contributed by atoms with Gasteiger partial charge in [-0.1, -0.05) is 31.5 Å². The molecule has 0 aliphatic carbocycles. The minimum Gasteiger partial charge on any atom is -0.315 e. The fourth-order valence-electron chi connectivity index (χ4n) is 1.66. The SMILES string of the molecule is Cc1ccc(NS(=O)(=O)CCCCNC(C)C)cc1. The van der Waals surface area contributed by atoms with E-state index in [2.05, 4.69) is 23.9 Å². The van der Waals surface area contributed by atoms with Crippen LogP contribution in [0.5, 0.6) is 0 Å². The number of hydrogen-bond acceptors (Lipinski definition) is 3. The summed E-state index contributed by atoms with van der Waals surface area (Å²) in [5.41, 5.74) is 1.74. The van der Waals surface area contributed by atoms with Crippen LogP contribution in [0.15, 0.2) is 24.3 Å². The van der Waals surface area contributed by atoms with E-state index in [1.54, 1.807) is 12.1 Å². The van der Waals surface area contributed by atoms with Crippen LogP contribution in [0.1, 0.15) is 32.3 Å². The second-order valence-electron chi connectivity index (χ2n) is 5.10. The number of anilines is 1. The van der Waals surface area contributed by atoms with Gasteiger partial charge in [-0.2, -0.15) is 0 Å². The van der Waals surface area contributed by atoms with E-state index in [-0.39, 0.29) is 5.75 Å². The number of rotatable bonds is 8. The average molecular weight is 284 g/mol. The molecule has 0 aliphatic rings. The van der Waals surface area contributed by atoms with Crippen LogP contribution in [0.4, 0.5) is 5.69 Å². The molecule has 2 N–H and O–H groups in total. The van der Waals surface area contributed by atoms with Gasteiger partial charge in [0.1, 0.15) is 0 Å². The van der Waals surface area contributed by atoms with Crippen LogP contribution in [-0.2, 0) is 10.0 Å². The number of unbranched alkanes of at least 4 members (excludes halogenated alkanes) is 1. The second-order valence-corrected chi connectivity index (χ2v) is 6.94. The Morgan fingerprint density at radius 1 is 1.11 bits per heavy atom. The predicted molar refractivity (Wildman–Crippen MR) is 81.0 cm³/mol. The van der Waals surface area contributed by atoms with E-state index >= 15 is 0 Å². The molecule has 0 unspecified atom stereocenters. The van der Waals surface area contributed by atoms with Crippen LogP contribution in [0.2, 0.25) is 0 Å². The maximum Gasteiger partial charge on any atom is 0.232 e. The molecular formula is C14H24N2O2S. The Morgan fingerprint density at radius 2 is 1.74 bits per heavy atom. The van der Waals surface area contributed by atoms with E-state index in [0.717, 1.165) is 18.5 Å². The summed E-state index contributed by atoms with van der Waals surface area (Å²) < 4.78 is 26.3. The lowest BCUT2D eigenvalue weighted by atomic mass is 10.2. The maximum atomic E-state index is 11.9. The number of benzene rings is 1. The molecule has 0 fully saturated rings. The normalized spacial score (nSPS) is 11.8. The summed E-state index contributed by atoms with van der Waals surface area (Å²) in [6, 6.07) is 7.80. The molecule has 0 atom stereocenters. The smallest absolute Gasteiger partial charge is 0.232 e. The Morgan fingerprint density at radius 3 is 2.32 bits per heavy atom. The standard InChI is InChI=1S/C14H24N2O2S/c1-12(2)15-10-4-5-11-19(17,18)16-14-8-6-13(3)7-9-14/h6-9,12,15-16H,4-5,10-11H2,1-3H3. The molecule has 19 heavy (non-hydrogen) atoms. The van der Waals surface area contributed by atoms with Crippen molar-refractivity contribution in [3.05, 3.63) is 29.8 Å². The Bertz CT molecular complexity index is 467. The molecule has 0 spiro atoms. The van der Waals surface area contributed by atoms with Gasteiger partial charge in [0.05, 0.1) is 5.75 Å². The number of nitrogens with one attached hydrogen (secondary N) is 2. The molecule has 4 nitrogen and oxygen atoms in total. The van der Waals surface area contributed by atoms with Gasteiger partial charge >= 0.3 is 0 Å². The molecule has 0 radical (unpaired) electrons. The van der Waals surface area contributed by atoms with Crippen molar-refractivity contribution in [2.24, 2.45) is 0 Å². The van der Waals surface area contributed by atoms with Crippen molar-refractivity contribution in [2.75, 3.05) is 17.0 Å². The minimum atomic E-state index is -3.23. The van der Waals surface area contributed by atoms with Crippen molar-refractivity contribution in [2.45, 2.75) is 39.7 Å². The zero-order chi connectivity index (χ0) is 14.3. The predicted octanol–water partition coefficient (Wildman–Crippen LogP) is 2.51. The fourth-order valence-corrected chi connectivity index (χ4v) is 2.84. The molecule has 0 amide bonds. The first kappa shape index (κ1) is 16.0. The summed E-state index contributed by atoms with van der Waals surface area (Å²) in [7, 11) is -3.23. The molecule has 0 saturated heterocycles. The second kappa shape index (κ2) is 7.50. The third-order valence-electron chi connectivity index (χ3n) is 2.72. The maximum absolute atomic E-state index is 11.9. The molecule has 0 bridgehead atoms. The van der Waals surface area contributed by atoms with Crippen LogP contribution in [-0.4, -0.2) is 26.8 Å². The zero-order valence-corrected chi connectivity index (χ0v) is 12.8. The quantitative estimate of drug-likeness (QED) is 0.721. The lowest BCUT2D eigenvalue weighted by molar-refractivity contribution is 0.561. The van der Waals surface area contributed by atoms with Gasteiger partial charge in [-0.25, -0.2) is 8.42 Å². The summed E-state index contributed by atoms with van der Waals surface area (Å²) >= 11 is 0. The van der Waals surface area contributed by atoms with E-state index in [1.807, 2.05) is 19.1 Å². The van der Waals surface area contributed by atoms with Crippen LogP contribution < -0.4 is 10.0 Å². The summed E-state index contributed by atoms with van der Waals surface area (Å²) in [5.74, 6) is 0.167. The third kappa shape index (κ3) is 7.18. The largest absolute Gasteiger partial charge is 0.315 e. The highest BCUT2D eigenvalue weighted by molar-refractivity contribution is 7.92. The van der Waals surface area contributed by atoms with Crippen LogP contribution in [0.3, 0.4) is 0 Å². The number of sulfonamides is 1. The highest BCUT2D eigenvalue weighted by Gasteiger charge is 2.09. The molecule has 0 saturated carbocycles. The molecule has 1 aromatic rings. The fraction of sp³-hybridized carbons (Fsp3) is 0.571. The number of hydrogen-bond donors (Lipinski definition) is 2. The van der Waals surface area contributed by atoms with Crippen molar-refractivity contribution in [1.82, 2.24) is 5.32 Å². The molecule has 0 aliphatic heterocycles. The zero-order valence-electron chi connectivity index (χ0n) is 11.9. The average Bonchev–Trinajstić information content (AvgIpc) is 2.31. The lowest BCUT2D eigenvalue weighted by Gasteiger charge is -2.09. The Hall–Kier alpha value is -1.07. The van der Waals surface area contributed by atoms with Gasteiger partial charge in [0, 0.05) is 11.7 Å². The summed E-state index contributed by atoms with van der Waals surface area (Å²) in [6.45, 7) is 6.99. The van der Waals surface area contributed by atoms with Crippen molar-refractivity contribution in [3.8, 4) is 0 Å². The van der Waals surface area contributed by atoms with E-state index in [1.165, 1.54) is 0 Å². The van der Waals surface area contributed by atoms with Crippen LogP contribution in [0, 0.1) is 6.92 Å². The molecule has 1 rings (SSSR count). The first-order valence-electron chi connectivity index (χ1n) is 6.69. The van der Waals surface area contributed by atoms with Crippen LogP contribution in [0.25, 0.3) is 0 Å². The molecule has 0 heterocycles. The van der Waals surface area contributed by atoms with E-state index in [4.69, 9.17) is 0 Å². The van der Waals surface area contributed by atoms with Gasteiger partial charge in [0.25, 0.3) is 0 Å². The summed E-state index contributed by atoms with van der Waals surface area (Å²) in [4.78, 5) is 0. The van der Waals surface area contributed by atoms with E-state index in [9.17, 15) is 8.42 Å². The van der Waals surface area contributed by atoms with Gasteiger partial charge < -0.3 is 5.32 Å². The first-order chi connectivity index (χ1) is 8.89. The minimum absolute atomic E-state index is 0.167. The molecule has 0 aromatic heterocycles. The van der Waals surface area contributed by atoms with E-state index < -0.39 is 10.0 Å². The highest BCUT2D eigenvalue weighted by Crippen LogP contribution is 2.11. The van der Waals surface area contributed by atoms with Crippen molar-refractivity contribution < 1.29 is 8.42 Å². The summed E-state index contributed by atoms with van der Waals surface area (Å²) in [6.07, 6.45) is 1.54. The monoisotopic (exact) mass is 284 g/mol. The van der Waals surface area contributed by atoms with E-state index in [0.29, 0.717) is 18.2 Å². The number of aryl methyl sites for hydroxylation is 1. The Labute approximate surface area is 116 Å². The Balaban J connectivity index is 2.34. The van der Waals surface area contributed by atoms with Gasteiger partial charge in [0.2, 0.25) is 10.0 Å². The molecule has 1 aromatic carbocycles. The molecule has 108 valence electrons. The highest BCUT2D eigenvalue weighted by atomic mass is 32.2. The third-order valence-corrected chi connectivity index (χ3v) is 4.09. The van der Waals surface area contributed by atoms with Crippen LogP contribution >= 0.6 is 0 Å². The Kier molecular flexibility index (Phi) is 6.31. The van der Waals surface area contributed by atoms with Gasteiger partial charge in [-0.05, 0) is 38.4 Å².